The largest absolute Gasteiger partial charge is 0.316 e. The summed E-state index contributed by atoms with van der Waals surface area (Å²) in [5, 5.41) is 3.34. The van der Waals surface area contributed by atoms with Crippen LogP contribution in [0.2, 0.25) is 0 Å². The standard InChI is InChI=1S/C20H23N/c1-3-15(14-21-2)20-18-10-6-4-8-16(18)12-13-17-9-5-7-11-19(17)20/h4-11,21H,3,12-14H2,1-2H3. The molecule has 0 saturated heterocycles. The van der Waals surface area contributed by atoms with Crippen LogP contribution in [0.5, 0.6) is 0 Å². The molecule has 0 fully saturated rings. The molecule has 0 spiro atoms. The van der Waals surface area contributed by atoms with Crippen LogP contribution >= 0.6 is 0 Å². The zero-order valence-corrected chi connectivity index (χ0v) is 12.9. The zero-order chi connectivity index (χ0) is 14.7. The third kappa shape index (κ3) is 2.66. The van der Waals surface area contributed by atoms with E-state index >= 15 is 0 Å². The summed E-state index contributed by atoms with van der Waals surface area (Å²) in [5.41, 5.74) is 8.76. The van der Waals surface area contributed by atoms with Gasteiger partial charge in [0.25, 0.3) is 0 Å². The first-order chi connectivity index (χ1) is 10.3. The van der Waals surface area contributed by atoms with E-state index in [0.29, 0.717) is 0 Å². The predicted molar refractivity (Wildman–Crippen MR) is 90.5 cm³/mol. The molecule has 1 aliphatic rings. The van der Waals surface area contributed by atoms with Gasteiger partial charge >= 0.3 is 0 Å². The van der Waals surface area contributed by atoms with E-state index in [4.69, 9.17) is 0 Å². The van der Waals surface area contributed by atoms with Gasteiger partial charge in [-0.2, -0.15) is 0 Å². The van der Waals surface area contributed by atoms with E-state index in [1.54, 1.807) is 0 Å². The average molecular weight is 277 g/mol. The maximum absolute atomic E-state index is 3.34. The van der Waals surface area contributed by atoms with Crippen LogP contribution in [0, 0.1) is 0 Å². The molecule has 1 aliphatic carbocycles. The number of likely N-dealkylation sites (N-methyl/N-ethyl adjacent to an activating group) is 1. The predicted octanol–water partition coefficient (Wildman–Crippen LogP) is 4.22. The number of benzene rings is 2. The van der Waals surface area contributed by atoms with Gasteiger partial charge in [0, 0.05) is 6.54 Å². The van der Waals surface area contributed by atoms with Crippen LogP contribution in [-0.4, -0.2) is 13.6 Å². The molecule has 0 aromatic heterocycles. The highest BCUT2D eigenvalue weighted by molar-refractivity contribution is 5.86. The van der Waals surface area contributed by atoms with Gasteiger partial charge in [0.15, 0.2) is 0 Å². The maximum Gasteiger partial charge on any atom is 0.0170 e. The van der Waals surface area contributed by atoms with E-state index in [9.17, 15) is 0 Å². The van der Waals surface area contributed by atoms with Crippen LogP contribution in [0.15, 0.2) is 54.1 Å². The molecule has 1 N–H and O–H groups in total. The lowest BCUT2D eigenvalue weighted by Crippen LogP contribution is -2.12. The van der Waals surface area contributed by atoms with Crippen LogP contribution in [-0.2, 0) is 12.8 Å². The van der Waals surface area contributed by atoms with Crippen molar-refractivity contribution >= 4 is 5.57 Å². The summed E-state index contributed by atoms with van der Waals surface area (Å²) < 4.78 is 0. The van der Waals surface area contributed by atoms with Crippen molar-refractivity contribution in [1.29, 1.82) is 0 Å². The second-order valence-corrected chi connectivity index (χ2v) is 5.68. The minimum Gasteiger partial charge on any atom is -0.316 e. The van der Waals surface area contributed by atoms with E-state index < -0.39 is 0 Å². The number of nitrogens with one attached hydrogen (secondary N) is 1. The van der Waals surface area contributed by atoms with E-state index in [1.807, 2.05) is 7.05 Å². The van der Waals surface area contributed by atoms with Gasteiger partial charge in [0.2, 0.25) is 0 Å². The lowest BCUT2D eigenvalue weighted by atomic mass is 9.89. The molecule has 0 radical (unpaired) electrons. The normalized spacial score (nSPS) is 13.3. The Hall–Kier alpha value is -1.86. The third-order valence-electron chi connectivity index (χ3n) is 4.41. The Balaban J connectivity index is 2.29. The molecule has 3 rings (SSSR count). The molecule has 2 aromatic rings. The Morgan fingerprint density at radius 3 is 1.90 bits per heavy atom. The molecule has 0 amide bonds. The van der Waals surface area contributed by atoms with Gasteiger partial charge in [-0.25, -0.2) is 0 Å². The van der Waals surface area contributed by atoms with Crippen molar-refractivity contribution in [2.45, 2.75) is 26.2 Å². The van der Waals surface area contributed by atoms with Gasteiger partial charge < -0.3 is 5.32 Å². The molecular weight excluding hydrogens is 254 g/mol. The molecule has 2 aromatic carbocycles. The summed E-state index contributed by atoms with van der Waals surface area (Å²) in [4.78, 5) is 0. The molecule has 0 aliphatic heterocycles. The smallest absolute Gasteiger partial charge is 0.0170 e. The van der Waals surface area contributed by atoms with Crippen LogP contribution in [0.1, 0.15) is 35.6 Å². The Morgan fingerprint density at radius 2 is 1.43 bits per heavy atom. The lowest BCUT2D eigenvalue weighted by molar-refractivity contribution is 0.847. The van der Waals surface area contributed by atoms with Gasteiger partial charge in [-0.1, -0.05) is 55.5 Å². The second-order valence-electron chi connectivity index (χ2n) is 5.68. The van der Waals surface area contributed by atoms with Crippen molar-refractivity contribution in [1.82, 2.24) is 5.32 Å². The van der Waals surface area contributed by atoms with Crippen molar-refractivity contribution in [3.8, 4) is 0 Å². The van der Waals surface area contributed by atoms with Crippen LogP contribution in [0.25, 0.3) is 5.57 Å². The van der Waals surface area contributed by atoms with Crippen molar-refractivity contribution in [2.24, 2.45) is 0 Å². The topological polar surface area (TPSA) is 12.0 Å². The highest BCUT2D eigenvalue weighted by Gasteiger charge is 2.19. The highest BCUT2D eigenvalue weighted by atomic mass is 14.8. The van der Waals surface area contributed by atoms with Gasteiger partial charge in [0.1, 0.15) is 0 Å². The quantitative estimate of drug-likeness (QED) is 0.886. The number of aryl methyl sites for hydroxylation is 2. The lowest BCUT2D eigenvalue weighted by Gasteiger charge is -2.17. The Morgan fingerprint density at radius 1 is 0.905 bits per heavy atom. The minimum absolute atomic E-state index is 0.953. The summed E-state index contributed by atoms with van der Waals surface area (Å²) in [6.45, 7) is 3.21. The number of rotatable bonds is 3. The van der Waals surface area contributed by atoms with Crippen molar-refractivity contribution in [3.05, 3.63) is 76.4 Å². The van der Waals surface area contributed by atoms with Crippen molar-refractivity contribution < 1.29 is 0 Å². The fourth-order valence-electron chi connectivity index (χ4n) is 3.36. The first-order valence-electron chi connectivity index (χ1n) is 7.88. The molecule has 1 nitrogen and oxygen atoms in total. The average Bonchev–Trinajstić information content (AvgIpc) is 2.70. The molecule has 108 valence electrons. The van der Waals surface area contributed by atoms with Crippen LogP contribution < -0.4 is 5.32 Å². The summed E-state index contributed by atoms with van der Waals surface area (Å²) in [7, 11) is 2.03. The van der Waals surface area contributed by atoms with Gasteiger partial charge in [-0.05, 0) is 59.7 Å². The molecule has 0 atom stereocenters. The molecule has 21 heavy (non-hydrogen) atoms. The van der Waals surface area contributed by atoms with Gasteiger partial charge in [0.05, 0.1) is 0 Å². The summed E-state index contributed by atoms with van der Waals surface area (Å²) >= 11 is 0. The monoisotopic (exact) mass is 277 g/mol. The summed E-state index contributed by atoms with van der Waals surface area (Å²) in [6.07, 6.45) is 3.35. The van der Waals surface area contributed by atoms with Crippen molar-refractivity contribution in [2.75, 3.05) is 13.6 Å². The molecule has 0 bridgehead atoms. The highest BCUT2D eigenvalue weighted by Crippen LogP contribution is 2.36. The fraction of sp³-hybridized carbons (Fsp3) is 0.300. The van der Waals surface area contributed by atoms with Crippen LogP contribution in [0.4, 0.5) is 0 Å². The summed E-state index contributed by atoms with van der Waals surface area (Å²) in [6, 6.07) is 17.8. The Bertz CT molecular complexity index is 618. The molecular formula is C20H23N. The fourth-order valence-corrected chi connectivity index (χ4v) is 3.36. The first-order valence-corrected chi connectivity index (χ1v) is 7.88. The number of hydrogen-bond acceptors (Lipinski definition) is 1. The molecule has 0 saturated carbocycles. The van der Waals surface area contributed by atoms with Crippen molar-refractivity contribution in [3.63, 3.8) is 0 Å². The minimum atomic E-state index is 0.953. The Labute approximate surface area is 127 Å². The Kier molecular flexibility index (Phi) is 4.21. The second kappa shape index (κ2) is 6.28. The SMILES string of the molecule is CCC(CNC)=C1c2ccccc2CCc2ccccc21. The number of fused-ring (bicyclic) bond motifs is 2. The summed E-state index contributed by atoms with van der Waals surface area (Å²) in [5.74, 6) is 0. The molecule has 1 heteroatoms. The van der Waals surface area contributed by atoms with E-state index in [-0.39, 0.29) is 0 Å². The van der Waals surface area contributed by atoms with Gasteiger partial charge in [-0.15, -0.1) is 0 Å². The zero-order valence-electron chi connectivity index (χ0n) is 12.9. The van der Waals surface area contributed by atoms with E-state index in [2.05, 4.69) is 60.8 Å². The van der Waals surface area contributed by atoms with Crippen LogP contribution in [0.3, 0.4) is 0 Å². The van der Waals surface area contributed by atoms with E-state index in [0.717, 1.165) is 25.8 Å². The molecule has 0 unspecified atom stereocenters. The van der Waals surface area contributed by atoms with E-state index in [1.165, 1.54) is 33.4 Å². The molecule has 0 heterocycles. The maximum atomic E-state index is 3.34. The third-order valence-corrected chi connectivity index (χ3v) is 4.41. The number of hydrogen-bond donors (Lipinski definition) is 1. The van der Waals surface area contributed by atoms with Gasteiger partial charge in [-0.3, -0.25) is 0 Å². The first kappa shape index (κ1) is 14.1.